The van der Waals surface area contributed by atoms with Crippen molar-refractivity contribution in [2.24, 2.45) is 29.6 Å². The van der Waals surface area contributed by atoms with Crippen molar-refractivity contribution in [3.63, 3.8) is 0 Å². The van der Waals surface area contributed by atoms with Gasteiger partial charge in [0.25, 0.3) is 0 Å². The van der Waals surface area contributed by atoms with Gasteiger partial charge in [0.2, 0.25) is 17.7 Å². The topological polar surface area (TPSA) is 88.7 Å². The van der Waals surface area contributed by atoms with Crippen LogP contribution in [0.3, 0.4) is 0 Å². The number of nitrogens with zero attached hydrogens (tertiary/aromatic N) is 5. The lowest BCUT2D eigenvalue weighted by atomic mass is 9.54. The van der Waals surface area contributed by atoms with E-state index in [4.69, 9.17) is 4.74 Å². The molecule has 15 rings (SSSR count). The predicted molar refractivity (Wildman–Crippen MR) is 314 cm³/mol. The molecule has 11 heteroatoms. The minimum atomic E-state index is 0.0181. The first-order valence-corrected chi connectivity index (χ1v) is 31.1. The van der Waals surface area contributed by atoms with Gasteiger partial charge in [-0.1, -0.05) is 99.4 Å². The van der Waals surface area contributed by atoms with E-state index in [1.54, 1.807) is 7.11 Å². The lowest BCUT2D eigenvalue weighted by Gasteiger charge is -2.59. The molecule has 2 saturated carbocycles. The van der Waals surface area contributed by atoms with Crippen LogP contribution in [0.1, 0.15) is 120 Å². The average Bonchev–Trinajstić information content (AvgIpc) is 4.47. The molecule has 6 heterocycles. The number of nitrogens with one attached hydrogen (secondary N) is 1. The molecule has 8 fully saturated rings. The molecule has 3 amide bonds. The summed E-state index contributed by atoms with van der Waals surface area (Å²) >= 11 is 3.38. The molecule has 0 spiro atoms. The highest BCUT2D eigenvalue weighted by Crippen LogP contribution is 2.56. The van der Waals surface area contributed by atoms with Crippen molar-refractivity contribution >= 4 is 33.7 Å². The van der Waals surface area contributed by atoms with Gasteiger partial charge in [0.1, 0.15) is 5.75 Å². The summed E-state index contributed by atoms with van der Waals surface area (Å²) in [4.78, 5) is 50.3. The van der Waals surface area contributed by atoms with Crippen LogP contribution in [0.5, 0.6) is 5.75 Å². The van der Waals surface area contributed by atoms with Crippen LogP contribution in [0.4, 0.5) is 0 Å². The standard InChI is InChI=1S/C25H30N2O2.C21H28N2O.C17H22N2O.C4H7Br/c1-17-4-7-19-13-23-22-16-27(15-18-5-8-20(29-3)9-6-18)24(28)14-25(22,21(19)12-17)10-11-26(23)2;1-14-3-6-16-10-19-18-13-23(12-15-4-5-15)20(24)11-21(18,17(16)9-14)7-8-22(19)2;1-11-3-4-12-8-15-14-10-18-16(20)9-17(14,13(12)7-11)5-6-19(15)2;5-3-4-1-2-4/h4-9,12,22-23H,10-11,13-16H2,1-3H3;3,6,9,15,18-19H,4-5,7-8,10-13H2,1-2H3;3-4,7,14-15H,5-6,8-10H2,1-2H3,(H,18,20);4H,1-3H2/t22-,23+,25+;18-,19+,21+;14-,15+,17+;/m000./s1. The van der Waals surface area contributed by atoms with E-state index in [0.29, 0.717) is 67.1 Å². The third-order valence-electron chi connectivity index (χ3n) is 21.7. The molecule has 4 aromatic rings. The van der Waals surface area contributed by atoms with Crippen molar-refractivity contribution < 1.29 is 19.1 Å². The van der Waals surface area contributed by atoms with Gasteiger partial charge in [-0.15, -0.1) is 0 Å². The zero-order chi connectivity index (χ0) is 54.3. The van der Waals surface area contributed by atoms with Crippen LogP contribution < -0.4 is 10.1 Å². The number of methoxy groups -OCH3 is 1. The van der Waals surface area contributed by atoms with Gasteiger partial charge in [0.15, 0.2) is 0 Å². The zero-order valence-corrected chi connectivity index (χ0v) is 49.5. The van der Waals surface area contributed by atoms with Crippen LogP contribution in [-0.4, -0.2) is 140 Å². The van der Waals surface area contributed by atoms with E-state index in [-0.39, 0.29) is 22.2 Å². The molecule has 6 aliphatic heterocycles. The van der Waals surface area contributed by atoms with Crippen LogP contribution in [0.25, 0.3) is 0 Å². The van der Waals surface area contributed by atoms with Crippen molar-refractivity contribution in [3.05, 3.63) is 134 Å². The quantitative estimate of drug-likeness (QED) is 0.193. The molecule has 6 bridgehead atoms. The van der Waals surface area contributed by atoms with Crippen molar-refractivity contribution in [1.29, 1.82) is 0 Å². The first kappa shape index (κ1) is 54.1. The second-order valence-corrected chi connectivity index (χ2v) is 27.2. The van der Waals surface area contributed by atoms with Gasteiger partial charge in [0.05, 0.1) is 7.11 Å². The summed E-state index contributed by atoms with van der Waals surface area (Å²) in [7, 11) is 8.47. The Morgan fingerprint density at radius 3 is 1.44 bits per heavy atom. The number of hydrogen-bond acceptors (Lipinski definition) is 7. The van der Waals surface area contributed by atoms with Gasteiger partial charge < -0.3 is 34.6 Å². The zero-order valence-electron chi connectivity index (χ0n) is 47.9. The van der Waals surface area contributed by atoms with E-state index >= 15 is 0 Å². The fourth-order valence-corrected chi connectivity index (χ4v) is 17.5. The fraction of sp³-hybridized carbons (Fsp3) is 0.597. The average molecular weight is 1120 g/mol. The number of alkyl halides is 1. The van der Waals surface area contributed by atoms with Crippen LogP contribution in [-0.2, 0) is 56.4 Å². The molecule has 5 aliphatic carbocycles. The Labute approximate surface area is 474 Å². The molecular formula is C67H87BrN6O4. The molecular weight excluding hydrogens is 1030 g/mol. The summed E-state index contributed by atoms with van der Waals surface area (Å²) in [6.07, 6.45) is 14.4. The third-order valence-corrected chi connectivity index (χ3v) is 22.7. The number of rotatable bonds is 6. The van der Waals surface area contributed by atoms with E-state index in [1.807, 2.05) is 12.1 Å². The fourth-order valence-electron chi connectivity index (χ4n) is 16.8. The van der Waals surface area contributed by atoms with Crippen molar-refractivity contribution in [2.75, 3.05) is 79.4 Å². The highest BCUT2D eigenvalue weighted by molar-refractivity contribution is 9.09. The minimum absolute atomic E-state index is 0.0181. The van der Waals surface area contributed by atoms with Gasteiger partial charge in [0, 0.05) is 109 Å². The molecule has 9 atom stereocenters. The second-order valence-electron chi connectivity index (χ2n) is 26.6. The summed E-state index contributed by atoms with van der Waals surface area (Å²) in [5, 5.41) is 4.33. The number of carbonyl (C=O) groups is 3. The summed E-state index contributed by atoms with van der Waals surface area (Å²) in [6, 6.07) is 30.5. The molecule has 78 heavy (non-hydrogen) atoms. The lowest BCUT2D eigenvalue weighted by molar-refractivity contribution is -0.145. The number of fused-ring (bicyclic) bond motifs is 3. The largest absolute Gasteiger partial charge is 0.497 e. The number of carbonyl (C=O) groups excluding carboxylic acids is 3. The Morgan fingerprint density at radius 2 is 1.00 bits per heavy atom. The van der Waals surface area contributed by atoms with Gasteiger partial charge in [-0.25, -0.2) is 0 Å². The number of benzene rings is 4. The summed E-state index contributed by atoms with van der Waals surface area (Å²) in [6.45, 7) is 14.2. The highest BCUT2D eigenvalue weighted by atomic mass is 79.9. The van der Waals surface area contributed by atoms with E-state index < -0.39 is 0 Å². The van der Waals surface area contributed by atoms with Crippen molar-refractivity contribution in [2.45, 2.75) is 145 Å². The summed E-state index contributed by atoms with van der Waals surface area (Å²) < 4.78 is 5.27. The van der Waals surface area contributed by atoms with Crippen LogP contribution in [0.2, 0.25) is 0 Å². The molecule has 6 saturated heterocycles. The van der Waals surface area contributed by atoms with Crippen molar-refractivity contribution in [3.8, 4) is 5.75 Å². The molecule has 11 aliphatic rings. The molecule has 0 aromatic heterocycles. The van der Waals surface area contributed by atoms with Crippen LogP contribution >= 0.6 is 15.9 Å². The highest BCUT2D eigenvalue weighted by Gasteiger charge is 2.59. The van der Waals surface area contributed by atoms with Gasteiger partial charge in [-0.05, 0) is 189 Å². The van der Waals surface area contributed by atoms with Crippen molar-refractivity contribution in [1.82, 2.24) is 29.8 Å². The SMILES string of the molecule is BrCC1CC1.COc1ccc(CN2C[C@H]3[C@H]4Cc5ccc(C)cc5[C@@]3(CCN4C)CC2=O)cc1.Cc1ccc2c(c1)[C@]13CCN(C)[C@H](C2)[C@@H]1CN(CC1CC1)C(=O)C3.Cc1ccc2c(c1)[C@]13CCN(C)[C@H](C2)[C@@H]1CNC(=O)C3. The molecule has 4 aromatic carbocycles. The minimum Gasteiger partial charge on any atom is -0.497 e. The first-order chi connectivity index (χ1) is 37.6. The molecule has 416 valence electrons. The number of aryl methyl sites for hydroxylation is 3. The van der Waals surface area contributed by atoms with Gasteiger partial charge >= 0.3 is 0 Å². The molecule has 10 nitrogen and oxygen atoms in total. The number of ether oxygens (including phenoxy) is 1. The number of amides is 3. The lowest BCUT2D eigenvalue weighted by Crippen LogP contribution is -2.66. The normalized spacial score (nSPS) is 32.3. The van der Waals surface area contributed by atoms with E-state index in [2.05, 4.69) is 154 Å². The number of likely N-dealkylation sites (tertiary alicyclic amines) is 5. The monoisotopic (exact) mass is 1120 g/mol. The van der Waals surface area contributed by atoms with E-state index in [1.165, 1.54) is 86.6 Å². The molecule has 0 radical (unpaired) electrons. The van der Waals surface area contributed by atoms with E-state index in [0.717, 1.165) is 108 Å². The predicted octanol–water partition coefficient (Wildman–Crippen LogP) is 9.72. The summed E-state index contributed by atoms with van der Waals surface area (Å²) in [5.74, 6) is 5.34. The number of likely N-dealkylation sites (N-methyl/N-ethyl adjacent to an activating group) is 3. The Kier molecular flexibility index (Phi) is 14.8. The third kappa shape index (κ3) is 9.99. The second kappa shape index (κ2) is 21.4. The Hall–Kier alpha value is -4.55. The smallest absolute Gasteiger partial charge is 0.223 e. The maximum atomic E-state index is 13.3. The van der Waals surface area contributed by atoms with E-state index in [9.17, 15) is 14.4 Å². The first-order valence-electron chi connectivity index (χ1n) is 30.0. The number of piperidine rings is 6. The van der Waals surface area contributed by atoms with Crippen LogP contribution in [0, 0.1) is 50.4 Å². The molecule has 1 N–H and O–H groups in total. The van der Waals surface area contributed by atoms with Crippen LogP contribution in [0.15, 0.2) is 78.9 Å². The molecule has 0 unspecified atom stereocenters. The Balaban J connectivity index is 0.000000113. The maximum Gasteiger partial charge on any atom is 0.223 e. The van der Waals surface area contributed by atoms with Gasteiger partial charge in [-0.3, -0.25) is 14.4 Å². The van der Waals surface area contributed by atoms with Gasteiger partial charge in [-0.2, -0.15) is 0 Å². The number of halogens is 1. The maximum absolute atomic E-state index is 13.3. The Bertz CT molecular complexity index is 2920. The Morgan fingerprint density at radius 1 is 0.564 bits per heavy atom. The number of hydrogen-bond donors (Lipinski definition) is 1. The summed E-state index contributed by atoms with van der Waals surface area (Å²) in [5.41, 5.74) is 14.2.